The maximum Gasteiger partial charge on any atom is 0.255 e. The van der Waals surface area contributed by atoms with E-state index in [-0.39, 0.29) is 24.1 Å². The van der Waals surface area contributed by atoms with E-state index >= 15 is 0 Å². The largest absolute Gasteiger partial charge is 0.322 e. The zero-order valence-corrected chi connectivity index (χ0v) is 16.4. The van der Waals surface area contributed by atoms with Crippen LogP contribution < -0.4 is 10.6 Å². The van der Waals surface area contributed by atoms with Crippen LogP contribution in [0.4, 0.5) is 0 Å². The summed E-state index contributed by atoms with van der Waals surface area (Å²) in [7, 11) is 0. The Hall–Kier alpha value is -2.25. The molecule has 3 amide bonds. The van der Waals surface area contributed by atoms with Gasteiger partial charge < -0.3 is 10.2 Å². The van der Waals surface area contributed by atoms with Crippen molar-refractivity contribution in [3.05, 3.63) is 34.9 Å². The highest BCUT2D eigenvalue weighted by molar-refractivity contribution is 6.05. The Morgan fingerprint density at radius 1 is 1.21 bits per heavy atom. The fourth-order valence-corrected chi connectivity index (χ4v) is 4.51. The lowest BCUT2D eigenvalue weighted by Gasteiger charge is -2.29. The molecule has 1 aromatic carbocycles. The van der Waals surface area contributed by atoms with Gasteiger partial charge >= 0.3 is 0 Å². The number of nitrogens with zero attached hydrogens (tertiary/aromatic N) is 2. The van der Waals surface area contributed by atoms with Crippen LogP contribution in [0.2, 0.25) is 0 Å². The average molecular weight is 384 g/mol. The molecule has 3 aliphatic heterocycles. The Labute approximate surface area is 165 Å². The number of benzene rings is 1. The Morgan fingerprint density at radius 2 is 2.07 bits per heavy atom. The van der Waals surface area contributed by atoms with Crippen LogP contribution >= 0.6 is 0 Å². The van der Waals surface area contributed by atoms with E-state index in [0.717, 1.165) is 31.7 Å². The van der Waals surface area contributed by atoms with E-state index < -0.39 is 6.04 Å². The van der Waals surface area contributed by atoms with Gasteiger partial charge in [0.15, 0.2) is 0 Å². The number of piperidine rings is 1. The van der Waals surface area contributed by atoms with E-state index in [9.17, 15) is 14.4 Å². The number of amides is 3. The van der Waals surface area contributed by atoms with Crippen molar-refractivity contribution in [2.24, 2.45) is 0 Å². The van der Waals surface area contributed by atoms with Crippen molar-refractivity contribution in [2.45, 2.75) is 57.8 Å². The van der Waals surface area contributed by atoms with E-state index in [1.165, 1.54) is 18.4 Å². The number of hydrogen-bond acceptors (Lipinski definition) is 5. The lowest BCUT2D eigenvalue weighted by molar-refractivity contribution is -0.136. The van der Waals surface area contributed by atoms with Gasteiger partial charge in [0.25, 0.3) is 5.91 Å². The molecular weight excluding hydrogens is 356 g/mol. The van der Waals surface area contributed by atoms with Gasteiger partial charge in [-0.1, -0.05) is 19.1 Å². The third kappa shape index (κ3) is 3.82. The summed E-state index contributed by atoms with van der Waals surface area (Å²) >= 11 is 0. The summed E-state index contributed by atoms with van der Waals surface area (Å²) < 4.78 is 0. The molecule has 2 unspecified atom stereocenters. The van der Waals surface area contributed by atoms with Gasteiger partial charge in [-0.2, -0.15) is 0 Å². The molecule has 4 rings (SSSR count). The summed E-state index contributed by atoms with van der Waals surface area (Å²) in [4.78, 5) is 40.4. The minimum atomic E-state index is -0.554. The van der Waals surface area contributed by atoms with Gasteiger partial charge in [-0.3, -0.25) is 24.6 Å². The zero-order valence-electron chi connectivity index (χ0n) is 16.4. The lowest BCUT2D eigenvalue weighted by Crippen LogP contribution is -2.52. The van der Waals surface area contributed by atoms with Gasteiger partial charge in [-0.25, -0.2) is 0 Å². The SMILES string of the molecule is CCN(Cc1ccc2c(c1)CN(C1CCC(=O)NC1=O)C2=O)CC1CCCN1. The number of hydrogen-bond donors (Lipinski definition) is 2. The molecule has 2 fully saturated rings. The molecule has 0 bridgehead atoms. The van der Waals surface area contributed by atoms with Crippen LogP contribution in [0.3, 0.4) is 0 Å². The van der Waals surface area contributed by atoms with E-state index in [2.05, 4.69) is 28.5 Å². The lowest BCUT2D eigenvalue weighted by atomic mass is 10.0. The molecule has 150 valence electrons. The predicted octanol–water partition coefficient (Wildman–Crippen LogP) is 1.02. The predicted molar refractivity (Wildman–Crippen MR) is 104 cm³/mol. The first kappa shape index (κ1) is 19.1. The Balaban J connectivity index is 1.44. The summed E-state index contributed by atoms with van der Waals surface area (Å²) in [5.41, 5.74) is 2.84. The second kappa shape index (κ2) is 8.01. The number of fused-ring (bicyclic) bond motifs is 1. The van der Waals surface area contributed by atoms with E-state index in [1.54, 1.807) is 4.90 Å². The van der Waals surface area contributed by atoms with Gasteiger partial charge in [0, 0.05) is 37.7 Å². The minimum absolute atomic E-state index is 0.112. The molecule has 28 heavy (non-hydrogen) atoms. The van der Waals surface area contributed by atoms with Crippen LogP contribution in [0.25, 0.3) is 0 Å². The summed E-state index contributed by atoms with van der Waals surface area (Å²) in [5, 5.41) is 5.90. The molecule has 1 aromatic rings. The highest BCUT2D eigenvalue weighted by Crippen LogP contribution is 2.28. The molecule has 0 radical (unpaired) electrons. The molecule has 0 saturated carbocycles. The Morgan fingerprint density at radius 3 is 2.79 bits per heavy atom. The molecule has 3 heterocycles. The second-order valence-electron chi connectivity index (χ2n) is 8.01. The van der Waals surface area contributed by atoms with Crippen LogP contribution in [-0.2, 0) is 22.7 Å². The van der Waals surface area contributed by atoms with Crippen LogP contribution in [-0.4, -0.2) is 59.2 Å². The summed E-state index contributed by atoms with van der Waals surface area (Å²) in [6.45, 7) is 6.60. The molecule has 2 N–H and O–H groups in total. The molecule has 7 heteroatoms. The van der Waals surface area contributed by atoms with Crippen LogP contribution in [0, 0.1) is 0 Å². The van der Waals surface area contributed by atoms with Crippen LogP contribution in [0.15, 0.2) is 18.2 Å². The van der Waals surface area contributed by atoms with Crippen LogP contribution in [0.1, 0.15) is 54.1 Å². The normalized spacial score (nSPS) is 24.8. The highest BCUT2D eigenvalue weighted by atomic mass is 16.2. The van der Waals surface area contributed by atoms with Crippen LogP contribution in [0.5, 0.6) is 0 Å². The number of carbonyl (C=O) groups is 3. The molecular formula is C21H28N4O3. The van der Waals surface area contributed by atoms with Crippen molar-refractivity contribution >= 4 is 17.7 Å². The van der Waals surface area contributed by atoms with E-state index in [0.29, 0.717) is 24.6 Å². The van der Waals surface area contributed by atoms with E-state index in [1.807, 2.05) is 12.1 Å². The van der Waals surface area contributed by atoms with Gasteiger partial charge in [-0.05, 0) is 49.5 Å². The standard InChI is InChI=1S/C21H28N4O3/c1-2-24(13-16-4-3-9-22-16)11-14-5-6-17-15(10-14)12-25(21(17)28)18-7-8-19(26)23-20(18)27/h5-6,10,16,18,22H,2-4,7-9,11-13H2,1H3,(H,23,26,27). The topological polar surface area (TPSA) is 81.8 Å². The molecule has 3 aliphatic rings. The fourth-order valence-electron chi connectivity index (χ4n) is 4.51. The molecule has 0 spiro atoms. The van der Waals surface area contributed by atoms with Crippen molar-refractivity contribution in [2.75, 3.05) is 19.6 Å². The van der Waals surface area contributed by atoms with Gasteiger partial charge in [0.2, 0.25) is 11.8 Å². The van der Waals surface area contributed by atoms with Crippen molar-refractivity contribution in [3.8, 4) is 0 Å². The number of nitrogens with one attached hydrogen (secondary N) is 2. The third-order valence-electron chi connectivity index (χ3n) is 6.08. The third-order valence-corrected chi connectivity index (χ3v) is 6.08. The first-order chi connectivity index (χ1) is 13.5. The zero-order chi connectivity index (χ0) is 19.7. The molecule has 0 aromatic heterocycles. The number of likely N-dealkylation sites (N-methyl/N-ethyl adjacent to an activating group) is 1. The van der Waals surface area contributed by atoms with Crippen molar-refractivity contribution in [3.63, 3.8) is 0 Å². The summed E-state index contributed by atoms with van der Waals surface area (Å²) in [5.74, 6) is -0.735. The molecule has 0 aliphatic carbocycles. The smallest absolute Gasteiger partial charge is 0.255 e. The maximum atomic E-state index is 12.8. The maximum absolute atomic E-state index is 12.8. The second-order valence-corrected chi connectivity index (χ2v) is 8.01. The van der Waals surface area contributed by atoms with Gasteiger partial charge in [0.1, 0.15) is 6.04 Å². The number of carbonyl (C=O) groups excluding carboxylic acids is 3. The highest BCUT2D eigenvalue weighted by Gasteiger charge is 2.39. The Bertz CT molecular complexity index is 788. The van der Waals surface area contributed by atoms with Crippen molar-refractivity contribution in [1.82, 2.24) is 20.4 Å². The summed E-state index contributed by atoms with van der Waals surface area (Å²) in [6, 6.07) is 6.03. The number of rotatable bonds is 6. The summed E-state index contributed by atoms with van der Waals surface area (Å²) in [6.07, 6.45) is 3.16. The molecule has 2 saturated heterocycles. The Kier molecular flexibility index (Phi) is 5.46. The fraction of sp³-hybridized carbons (Fsp3) is 0.571. The minimum Gasteiger partial charge on any atom is -0.322 e. The molecule has 2 atom stereocenters. The van der Waals surface area contributed by atoms with Gasteiger partial charge in [-0.15, -0.1) is 0 Å². The first-order valence-corrected chi connectivity index (χ1v) is 10.3. The first-order valence-electron chi connectivity index (χ1n) is 10.3. The monoisotopic (exact) mass is 384 g/mol. The van der Waals surface area contributed by atoms with Gasteiger partial charge in [0.05, 0.1) is 0 Å². The average Bonchev–Trinajstić information content (AvgIpc) is 3.29. The van der Waals surface area contributed by atoms with Crippen molar-refractivity contribution in [1.29, 1.82) is 0 Å². The van der Waals surface area contributed by atoms with Crippen molar-refractivity contribution < 1.29 is 14.4 Å². The quantitative estimate of drug-likeness (QED) is 0.716. The molecule has 7 nitrogen and oxygen atoms in total. The number of imide groups is 1. The van der Waals surface area contributed by atoms with E-state index in [4.69, 9.17) is 0 Å².